The summed E-state index contributed by atoms with van der Waals surface area (Å²) in [5.41, 5.74) is -1.73. The lowest BCUT2D eigenvalue weighted by molar-refractivity contribution is -0.146. The van der Waals surface area contributed by atoms with Crippen molar-refractivity contribution >= 4 is 40.6 Å². The molecule has 17 nitrogen and oxygen atoms in total. The van der Waals surface area contributed by atoms with Gasteiger partial charge in [-0.05, 0) is 68.9 Å². The fourth-order valence-electron chi connectivity index (χ4n) is 9.16. The number of amides is 3. The zero-order valence-corrected chi connectivity index (χ0v) is 36.3. The van der Waals surface area contributed by atoms with E-state index < -0.39 is 58.9 Å². The highest BCUT2D eigenvalue weighted by Gasteiger charge is 2.61. The van der Waals surface area contributed by atoms with E-state index in [1.165, 1.54) is 17.4 Å². The van der Waals surface area contributed by atoms with Gasteiger partial charge in [0.2, 0.25) is 11.8 Å². The standard InChI is InChI=1S/C45H60N8O9/c1-7-29-24-45(29,42(56)57)49-40(54)35-22-32(25-52(35)41(55)39(44(4,5)6)48-43(58)62-31-19-27-18-28(27)20-31)61-36-23-38(53-11-10-37(50-53)46-26(2)3)47-34-21-30(8-9-33(34)36)60-17-14-51-12-15-59-16-13-51/h7-11,21,23,26-29,31-32,35,39H,1,12-20,22,24-25H2,2-6H3,(H,46,50)(H,48,58)(H,49,54)(H,56,57)/t27-,28?,29+,31?,32?,35?,39+,45+/m0/s1. The van der Waals surface area contributed by atoms with Gasteiger partial charge in [0, 0.05) is 67.8 Å². The second-order valence-corrected chi connectivity index (χ2v) is 18.9. The largest absolute Gasteiger partial charge is 0.492 e. The van der Waals surface area contributed by atoms with Crippen molar-refractivity contribution in [3.8, 4) is 17.3 Å². The van der Waals surface area contributed by atoms with Crippen molar-refractivity contribution in [2.24, 2.45) is 23.2 Å². The van der Waals surface area contributed by atoms with Crippen molar-refractivity contribution < 1.29 is 43.2 Å². The molecule has 3 amide bonds. The van der Waals surface area contributed by atoms with E-state index in [0.717, 1.165) is 32.5 Å². The highest BCUT2D eigenvalue weighted by atomic mass is 16.6. The van der Waals surface area contributed by atoms with E-state index in [0.29, 0.717) is 65.7 Å². The quantitative estimate of drug-likeness (QED) is 0.148. The maximum Gasteiger partial charge on any atom is 0.408 e. The van der Waals surface area contributed by atoms with E-state index in [9.17, 15) is 24.3 Å². The number of ether oxygens (including phenoxy) is 4. The van der Waals surface area contributed by atoms with Crippen molar-refractivity contribution in [3.05, 3.63) is 49.2 Å². The third kappa shape index (κ3) is 9.48. The van der Waals surface area contributed by atoms with Crippen LogP contribution in [0.25, 0.3) is 16.7 Å². The Morgan fingerprint density at radius 1 is 1.05 bits per heavy atom. The molecule has 0 spiro atoms. The number of benzene rings is 1. The molecule has 5 fully saturated rings. The van der Waals surface area contributed by atoms with Crippen LogP contribution < -0.4 is 25.4 Å². The number of morpholine rings is 1. The molecule has 3 aliphatic carbocycles. The number of hydrogen-bond donors (Lipinski definition) is 4. The average molecular weight is 857 g/mol. The minimum atomic E-state index is -1.52. The Morgan fingerprint density at radius 3 is 2.48 bits per heavy atom. The summed E-state index contributed by atoms with van der Waals surface area (Å²) in [5.74, 6) is 0.645. The van der Waals surface area contributed by atoms with E-state index >= 15 is 0 Å². The van der Waals surface area contributed by atoms with Gasteiger partial charge in [-0.2, -0.15) is 0 Å². The first-order valence-corrected chi connectivity index (χ1v) is 21.9. The minimum Gasteiger partial charge on any atom is -0.492 e. The minimum absolute atomic E-state index is 0.0245. The molecule has 2 aromatic heterocycles. The molecule has 2 aliphatic heterocycles. The number of alkyl carbamates (subject to hydrolysis) is 1. The van der Waals surface area contributed by atoms with Crippen LogP contribution in [0.4, 0.5) is 10.6 Å². The predicted octanol–water partition coefficient (Wildman–Crippen LogP) is 4.39. The maximum atomic E-state index is 14.8. The second kappa shape index (κ2) is 17.4. The number of nitrogens with zero attached hydrogens (tertiary/aromatic N) is 5. The van der Waals surface area contributed by atoms with Crippen molar-refractivity contribution in [1.29, 1.82) is 0 Å². The molecule has 334 valence electrons. The number of aromatic nitrogens is 3. The number of carbonyl (C=O) groups is 4. The van der Waals surface area contributed by atoms with Crippen LogP contribution in [0.5, 0.6) is 11.5 Å². The molecule has 17 heteroatoms. The summed E-state index contributed by atoms with van der Waals surface area (Å²) < 4.78 is 25.9. The summed E-state index contributed by atoms with van der Waals surface area (Å²) in [7, 11) is 0. The fourth-order valence-corrected chi connectivity index (χ4v) is 9.16. The van der Waals surface area contributed by atoms with Gasteiger partial charge < -0.3 is 44.9 Å². The number of rotatable bonds is 16. The Morgan fingerprint density at radius 2 is 1.81 bits per heavy atom. The highest BCUT2D eigenvalue weighted by Crippen LogP contribution is 2.52. The number of aliphatic carboxylic acids is 1. The van der Waals surface area contributed by atoms with Crippen LogP contribution in [0, 0.1) is 23.2 Å². The predicted molar refractivity (Wildman–Crippen MR) is 229 cm³/mol. The zero-order valence-electron chi connectivity index (χ0n) is 36.3. The Labute approximate surface area is 361 Å². The smallest absolute Gasteiger partial charge is 0.408 e. The topological polar surface area (TPSA) is 199 Å². The summed E-state index contributed by atoms with van der Waals surface area (Å²) in [6, 6.07) is 7.18. The molecule has 0 bridgehead atoms. The summed E-state index contributed by atoms with van der Waals surface area (Å²) >= 11 is 0. The Hall–Kier alpha value is -5.42. The summed E-state index contributed by atoms with van der Waals surface area (Å²) in [4.78, 5) is 63.5. The van der Waals surface area contributed by atoms with Crippen LogP contribution in [0.2, 0.25) is 0 Å². The highest BCUT2D eigenvalue weighted by molar-refractivity contribution is 5.96. The number of likely N-dealkylation sites (tertiary alicyclic amines) is 1. The third-order valence-corrected chi connectivity index (χ3v) is 12.8. The van der Waals surface area contributed by atoms with Crippen molar-refractivity contribution in [1.82, 2.24) is 35.2 Å². The number of carboxylic acid groups (broad SMARTS) is 1. The molecule has 4 heterocycles. The van der Waals surface area contributed by atoms with Crippen LogP contribution in [-0.4, -0.2) is 135 Å². The molecular formula is C45H60N8O9. The molecule has 8 rings (SSSR count). The molecular weight excluding hydrogens is 797 g/mol. The summed E-state index contributed by atoms with van der Waals surface area (Å²) in [6.45, 7) is 17.6. The van der Waals surface area contributed by atoms with Gasteiger partial charge in [-0.15, -0.1) is 11.7 Å². The number of carboxylic acids is 1. The molecule has 2 saturated heterocycles. The lowest BCUT2D eigenvalue weighted by Gasteiger charge is -2.35. The normalized spacial score (nSPS) is 27.3. The summed E-state index contributed by atoms with van der Waals surface area (Å²) in [6.07, 6.45) is 4.77. The Kier molecular flexibility index (Phi) is 12.1. The van der Waals surface area contributed by atoms with Gasteiger partial charge in [0.1, 0.15) is 53.8 Å². The number of nitrogens with one attached hydrogen (secondary N) is 3. The average Bonchev–Trinajstić information content (AvgIpc) is 3.89. The molecule has 62 heavy (non-hydrogen) atoms. The molecule has 0 radical (unpaired) electrons. The van der Waals surface area contributed by atoms with Crippen molar-refractivity contribution in [2.75, 3.05) is 51.3 Å². The number of fused-ring (bicyclic) bond motifs is 2. The van der Waals surface area contributed by atoms with E-state index in [2.05, 4.69) is 27.4 Å². The molecule has 4 unspecified atom stereocenters. The monoisotopic (exact) mass is 856 g/mol. The number of carbonyl (C=O) groups excluding carboxylic acids is 3. The molecule has 5 aliphatic rings. The van der Waals surface area contributed by atoms with Crippen molar-refractivity contribution in [3.63, 3.8) is 0 Å². The van der Waals surface area contributed by atoms with Crippen LogP contribution in [0.15, 0.2) is 49.2 Å². The molecule has 8 atom stereocenters. The van der Waals surface area contributed by atoms with E-state index in [1.807, 2.05) is 58.9 Å². The van der Waals surface area contributed by atoms with Gasteiger partial charge in [0.05, 0.1) is 25.3 Å². The molecule has 1 aromatic carbocycles. The maximum absolute atomic E-state index is 14.8. The third-order valence-electron chi connectivity index (χ3n) is 12.8. The molecule has 4 N–H and O–H groups in total. The number of hydrogen-bond acceptors (Lipinski definition) is 12. The van der Waals surface area contributed by atoms with E-state index in [-0.39, 0.29) is 31.5 Å². The van der Waals surface area contributed by atoms with Gasteiger partial charge >= 0.3 is 12.1 Å². The second-order valence-electron chi connectivity index (χ2n) is 18.9. The molecule has 3 aromatic rings. The van der Waals surface area contributed by atoms with Crippen LogP contribution in [0.1, 0.15) is 66.7 Å². The van der Waals surface area contributed by atoms with E-state index in [1.54, 1.807) is 16.9 Å². The van der Waals surface area contributed by atoms with Crippen LogP contribution >= 0.6 is 0 Å². The van der Waals surface area contributed by atoms with Gasteiger partial charge in [0.25, 0.3) is 0 Å². The van der Waals surface area contributed by atoms with Crippen LogP contribution in [-0.2, 0) is 23.9 Å². The fraction of sp³-hybridized carbons (Fsp3) is 0.600. The SMILES string of the molecule is C=C[C@@H]1C[C@]1(NC(=O)C1CC(Oc2cc(-n3ccc(NC(C)C)n3)nc3cc(OCCN4CCOCC4)ccc23)CN1C(=O)[C@@H](NC(=O)OC1CC2C[C@H]2C1)C(C)(C)C)C(=O)O. The van der Waals surface area contributed by atoms with Crippen molar-refractivity contribution in [2.45, 2.75) is 103 Å². The zero-order chi connectivity index (χ0) is 43.9. The Balaban J connectivity index is 1.07. The summed E-state index contributed by atoms with van der Waals surface area (Å²) in [5, 5.41) is 24.4. The van der Waals surface area contributed by atoms with Gasteiger partial charge in [0.15, 0.2) is 5.82 Å². The van der Waals surface area contributed by atoms with Crippen LogP contribution in [0.3, 0.4) is 0 Å². The first-order valence-electron chi connectivity index (χ1n) is 21.9. The lowest BCUT2D eigenvalue weighted by atomic mass is 9.85. The molecule has 3 saturated carbocycles. The number of anilines is 1. The van der Waals surface area contributed by atoms with E-state index in [4.69, 9.17) is 29.0 Å². The Bertz CT molecular complexity index is 2170. The van der Waals surface area contributed by atoms with Gasteiger partial charge in [-0.3, -0.25) is 14.5 Å². The van der Waals surface area contributed by atoms with Gasteiger partial charge in [-0.1, -0.05) is 26.8 Å². The lowest BCUT2D eigenvalue weighted by Crippen LogP contribution is -2.59. The number of pyridine rings is 1. The first kappa shape index (κ1) is 43.2. The first-order chi connectivity index (χ1) is 29.6. The van der Waals surface area contributed by atoms with Gasteiger partial charge in [-0.25, -0.2) is 19.3 Å².